The summed E-state index contributed by atoms with van der Waals surface area (Å²) in [4.78, 5) is 0.382. The van der Waals surface area contributed by atoms with Crippen molar-refractivity contribution in [2.45, 2.75) is 25.2 Å². The topological polar surface area (TPSA) is 37.4 Å². The minimum Gasteiger partial charge on any atom is -0.207 e. The standard InChI is InChI=1S/C13H18BrNO2S/c1-10-7-8-15(9-11(10)2)18(16,17)13-5-3-12(14)4-6-13/h3-6,10-11H,7-9H2,1-2H3. The van der Waals surface area contributed by atoms with Crippen LogP contribution in [0.2, 0.25) is 0 Å². The zero-order valence-electron chi connectivity index (χ0n) is 10.6. The van der Waals surface area contributed by atoms with Crippen molar-refractivity contribution in [1.29, 1.82) is 0 Å². The minimum atomic E-state index is -3.32. The molecule has 0 spiro atoms. The van der Waals surface area contributed by atoms with Crippen LogP contribution < -0.4 is 0 Å². The van der Waals surface area contributed by atoms with Gasteiger partial charge in [0.25, 0.3) is 0 Å². The fraction of sp³-hybridized carbons (Fsp3) is 0.538. The maximum atomic E-state index is 12.5. The molecule has 0 aliphatic carbocycles. The van der Waals surface area contributed by atoms with Gasteiger partial charge < -0.3 is 0 Å². The van der Waals surface area contributed by atoms with Crippen molar-refractivity contribution >= 4 is 26.0 Å². The smallest absolute Gasteiger partial charge is 0.207 e. The van der Waals surface area contributed by atoms with Gasteiger partial charge >= 0.3 is 0 Å². The van der Waals surface area contributed by atoms with E-state index in [-0.39, 0.29) is 0 Å². The second-order valence-electron chi connectivity index (χ2n) is 5.06. The Hall–Kier alpha value is -0.390. The normalized spacial score (nSPS) is 26.2. The minimum absolute atomic E-state index is 0.382. The SMILES string of the molecule is CC1CCN(S(=O)(=O)c2ccc(Br)cc2)CC1C. The van der Waals surface area contributed by atoms with Crippen molar-refractivity contribution < 1.29 is 8.42 Å². The summed E-state index contributed by atoms with van der Waals surface area (Å²) < 4.78 is 27.4. The van der Waals surface area contributed by atoms with E-state index in [4.69, 9.17) is 0 Å². The van der Waals surface area contributed by atoms with Crippen LogP contribution in [0.15, 0.2) is 33.6 Å². The van der Waals surface area contributed by atoms with Gasteiger partial charge in [0.2, 0.25) is 10.0 Å². The highest BCUT2D eigenvalue weighted by Crippen LogP contribution is 2.27. The highest BCUT2D eigenvalue weighted by molar-refractivity contribution is 9.10. The summed E-state index contributed by atoms with van der Waals surface area (Å²) in [5, 5.41) is 0. The first-order chi connectivity index (χ1) is 8.41. The summed E-state index contributed by atoms with van der Waals surface area (Å²) in [5.74, 6) is 1.02. The number of hydrogen-bond donors (Lipinski definition) is 0. The van der Waals surface area contributed by atoms with Crippen LogP contribution in [0.1, 0.15) is 20.3 Å². The molecule has 3 nitrogen and oxygen atoms in total. The third kappa shape index (κ3) is 2.78. The van der Waals surface area contributed by atoms with Gasteiger partial charge in [0.15, 0.2) is 0 Å². The molecular weight excluding hydrogens is 314 g/mol. The van der Waals surface area contributed by atoms with E-state index >= 15 is 0 Å². The molecule has 0 radical (unpaired) electrons. The number of hydrogen-bond acceptors (Lipinski definition) is 2. The Kier molecular flexibility index (Phi) is 4.14. The van der Waals surface area contributed by atoms with Crippen molar-refractivity contribution in [1.82, 2.24) is 4.31 Å². The highest BCUT2D eigenvalue weighted by atomic mass is 79.9. The lowest BCUT2D eigenvalue weighted by Gasteiger charge is -2.34. The van der Waals surface area contributed by atoms with Crippen molar-refractivity contribution in [3.63, 3.8) is 0 Å². The van der Waals surface area contributed by atoms with Gasteiger partial charge in [-0.05, 0) is 42.5 Å². The van der Waals surface area contributed by atoms with E-state index in [0.29, 0.717) is 29.8 Å². The van der Waals surface area contributed by atoms with E-state index in [1.165, 1.54) is 0 Å². The van der Waals surface area contributed by atoms with E-state index in [9.17, 15) is 8.42 Å². The maximum absolute atomic E-state index is 12.5. The Morgan fingerprint density at radius 2 is 1.78 bits per heavy atom. The summed E-state index contributed by atoms with van der Waals surface area (Å²) in [6, 6.07) is 6.84. The van der Waals surface area contributed by atoms with Crippen LogP contribution in [-0.4, -0.2) is 25.8 Å². The predicted octanol–water partition coefficient (Wildman–Crippen LogP) is 3.12. The lowest BCUT2D eigenvalue weighted by atomic mass is 9.90. The average molecular weight is 332 g/mol. The van der Waals surface area contributed by atoms with Gasteiger partial charge in [0.1, 0.15) is 0 Å². The molecule has 1 aromatic carbocycles. The van der Waals surface area contributed by atoms with Crippen molar-refractivity contribution in [3.05, 3.63) is 28.7 Å². The summed E-state index contributed by atoms with van der Waals surface area (Å²) in [7, 11) is -3.32. The molecule has 1 saturated heterocycles. The Labute approximate surface area is 117 Å². The molecule has 0 N–H and O–H groups in total. The monoisotopic (exact) mass is 331 g/mol. The second kappa shape index (κ2) is 5.31. The fourth-order valence-corrected chi connectivity index (χ4v) is 4.02. The molecule has 100 valence electrons. The lowest BCUT2D eigenvalue weighted by Crippen LogP contribution is -2.42. The molecule has 1 heterocycles. The third-order valence-electron chi connectivity index (χ3n) is 3.75. The zero-order chi connectivity index (χ0) is 13.3. The molecule has 1 aliphatic rings. The Morgan fingerprint density at radius 1 is 1.17 bits per heavy atom. The molecule has 1 aliphatic heterocycles. The molecule has 2 unspecified atom stereocenters. The number of benzene rings is 1. The van der Waals surface area contributed by atoms with Crippen LogP contribution in [0.25, 0.3) is 0 Å². The lowest BCUT2D eigenvalue weighted by molar-refractivity contribution is 0.212. The second-order valence-corrected chi connectivity index (χ2v) is 7.91. The van der Waals surface area contributed by atoms with E-state index in [0.717, 1.165) is 10.9 Å². The maximum Gasteiger partial charge on any atom is 0.243 e. The molecule has 0 amide bonds. The van der Waals surface area contributed by atoms with Crippen LogP contribution in [0.4, 0.5) is 0 Å². The molecule has 2 rings (SSSR count). The van der Waals surface area contributed by atoms with Gasteiger partial charge in [0, 0.05) is 17.6 Å². The van der Waals surface area contributed by atoms with Crippen LogP contribution in [-0.2, 0) is 10.0 Å². The van der Waals surface area contributed by atoms with Gasteiger partial charge in [-0.1, -0.05) is 29.8 Å². The molecule has 1 aromatic rings. The van der Waals surface area contributed by atoms with Crippen LogP contribution in [0.5, 0.6) is 0 Å². The Bertz CT molecular complexity index is 512. The number of sulfonamides is 1. The van der Waals surface area contributed by atoms with Crippen molar-refractivity contribution in [3.8, 4) is 0 Å². The van der Waals surface area contributed by atoms with Crippen molar-refractivity contribution in [2.24, 2.45) is 11.8 Å². The molecule has 0 bridgehead atoms. The van der Waals surface area contributed by atoms with Crippen LogP contribution >= 0.6 is 15.9 Å². The molecule has 0 aromatic heterocycles. The summed E-state index contributed by atoms with van der Waals surface area (Å²) in [6.07, 6.45) is 0.941. The summed E-state index contributed by atoms with van der Waals surface area (Å²) in [5.41, 5.74) is 0. The van der Waals surface area contributed by atoms with E-state index in [1.54, 1.807) is 28.6 Å². The first kappa shape index (κ1) is 14.0. The molecular formula is C13H18BrNO2S. The molecule has 18 heavy (non-hydrogen) atoms. The first-order valence-electron chi connectivity index (χ1n) is 6.17. The largest absolute Gasteiger partial charge is 0.243 e. The Balaban J connectivity index is 2.24. The van der Waals surface area contributed by atoms with Gasteiger partial charge in [-0.25, -0.2) is 8.42 Å². The number of nitrogens with zero attached hydrogens (tertiary/aromatic N) is 1. The molecule has 0 saturated carbocycles. The predicted molar refractivity (Wildman–Crippen MR) is 75.8 cm³/mol. The third-order valence-corrected chi connectivity index (χ3v) is 6.16. The molecule has 1 fully saturated rings. The van der Waals surface area contributed by atoms with E-state index < -0.39 is 10.0 Å². The first-order valence-corrected chi connectivity index (χ1v) is 8.40. The van der Waals surface area contributed by atoms with Gasteiger partial charge in [-0.3, -0.25) is 0 Å². The van der Waals surface area contributed by atoms with Gasteiger partial charge in [-0.2, -0.15) is 4.31 Å². The zero-order valence-corrected chi connectivity index (χ0v) is 13.0. The van der Waals surface area contributed by atoms with Crippen molar-refractivity contribution in [2.75, 3.05) is 13.1 Å². The van der Waals surface area contributed by atoms with Gasteiger partial charge in [0.05, 0.1) is 4.90 Å². The summed E-state index contributed by atoms with van der Waals surface area (Å²) in [6.45, 7) is 5.56. The molecule has 5 heteroatoms. The van der Waals surface area contributed by atoms with Crippen LogP contribution in [0.3, 0.4) is 0 Å². The fourth-order valence-electron chi connectivity index (χ4n) is 2.20. The quantitative estimate of drug-likeness (QED) is 0.834. The average Bonchev–Trinajstić information content (AvgIpc) is 2.33. The number of piperidine rings is 1. The Morgan fingerprint density at radius 3 is 2.33 bits per heavy atom. The van der Waals surface area contributed by atoms with Crippen LogP contribution in [0, 0.1) is 11.8 Å². The highest BCUT2D eigenvalue weighted by Gasteiger charge is 2.31. The molecule has 2 atom stereocenters. The van der Waals surface area contributed by atoms with E-state index in [2.05, 4.69) is 29.8 Å². The van der Waals surface area contributed by atoms with Gasteiger partial charge in [-0.15, -0.1) is 0 Å². The van der Waals surface area contributed by atoms with E-state index in [1.807, 2.05) is 0 Å². The summed E-state index contributed by atoms with van der Waals surface area (Å²) >= 11 is 3.32. The number of halogens is 1. The number of rotatable bonds is 2.